The Kier molecular flexibility index (Phi) is 2.58. The molecule has 2 aliphatic heterocycles. The van der Waals surface area contributed by atoms with Crippen LogP contribution in [0.1, 0.15) is 12.0 Å². The molecule has 0 aliphatic carbocycles. The number of piperidine rings is 1. The maximum Gasteiger partial charge on any atom is 0.216 e. The van der Waals surface area contributed by atoms with Crippen molar-refractivity contribution in [3.63, 3.8) is 0 Å². The van der Waals surface area contributed by atoms with Gasteiger partial charge in [-0.2, -0.15) is 0 Å². The van der Waals surface area contributed by atoms with Crippen LogP contribution in [0.25, 0.3) is 0 Å². The average Bonchev–Trinajstić information content (AvgIpc) is 2.72. The SMILES string of the molecule is Clc1cccc(C2=NC3CNCCC3O2)c1. The van der Waals surface area contributed by atoms with Gasteiger partial charge < -0.3 is 10.1 Å². The van der Waals surface area contributed by atoms with Gasteiger partial charge in [0.2, 0.25) is 5.90 Å². The Morgan fingerprint density at radius 1 is 1.44 bits per heavy atom. The fourth-order valence-electron chi connectivity index (χ4n) is 2.17. The molecular weight excluding hydrogens is 224 g/mol. The quantitative estimate of drug-likeness (QED) is 0.808. The molecule has 3 nitrogen and oxygen atoms in total. The summed E-state index contributed by atoms with van der Waals surface area (Å²) >= 11 is 5.95. The molecule has 4 heteroatoms. The van der Waals surface area contributed by atoms with Gasteiger partial charge in [0.15, 0.2) is 0 Å². The van der Waals surface area contributed by atoms with Crippen LogP contribution in [-0.4, -0.2) is 31.1 Å². The molecule has 1 saturated heterocycles. The fourth-order valence-corrected chi connectivity index (χ4v) is 2.36. The number of hydrogen-bond donors (Lipinski definition) is 1. The van der Waals surface area contributed by atoms with Crippen molar-refractivity contribution in [2.24, 2.45) is 4.99 Å². The van der Waals surface area contributed by atoms with Gasteiger partial charge in [-0.05, 0) is 31.2 Å². The van der Waals surface area contributed by atoms with E-state index >= 15 is 0 Å². The van der Waals surface area contributed by atoms with E-state index in [0.717, 1.165) is 36.0 Å². The van der Waals surface area contributed by atoms with Gasteiger partial charge in [-0.3, -0.25) is 0 Å². The van der Waals surface area contributed by atoms with Crippen molar-refractivity contribution >= 4 is 17.5 Å². The van der Waals surface area contributed by atoms with Crippen LogP contribution in [0.2, 0.25) is 5.02 Å². The lowest BCUT2D eigenvalue weighted by Crippen LogP contribution is -2.41. The number of benzene rings is 1. The molecule has 1 aromatic rings. The highest BCUT2D eigenvalue weighted by Crippen LogP contribution is 2.23. The molecule has 0 saturated carbocycles. The summed E-state index contributed by atoms with van der Waals surface area (Å²) < 4.78 is 5.86. The van der Waals surface area contributed by atoms with Gasteiger partial charge in [-0.1, -0.05) is 17.7 Å². The molecule has 0 spiro atoms. The van der Waals surface area contributed by atoms with Crippen LogP contribution in [0.3, 0.4) is 0 Å². The third-order valence-electron chi connectivity index (χ3n) is 3.01. The molecule has 2 aliphatic rings. The number of ether oxygens (including phenoxy) is 1. The Hall–Kier alpha value is -1.06. The van der Waals surface area contributed by atoms with Crippen molar-refractivity contribution in [3.05, 3.63) is 34.9 Å². The maximum atomic E-state index is 5.95. The average molecular weight is 237 g/mol. The molecule has 3 rings (SSSR count). The van der Waals surface area contributed by atoms with Crippen LogP contribution in [0.5, 0.6) is 0 Å². The Morgan fingerprint density at radius 3 is 3.19 bits per heavy atom. The third kappa shape index (κ3) is 1.81. The summed E-state index contributed by atoms with van der Waals surface area (Å²) in [6, 6.07) is 7.92. The van der Waals surface area contributed by atoms with Crippen molar-refractivity contribution in [1.29, 1.82) is 0 Å². The van der Waals surface area contributed by atoms with Crippen molar-refractivity contribution < 1.29 is 4.74 Å². The van der Waals surface area contributed by atoms with Gasteiger partial charge in [-0.15, -0.1) is 0 Å². The highest BCUT2D eigenvalue weighted by molar-refractivity contribution is 6.30. The number of fused-ring (bicyclic) bond motifs is 1. The minimum Gasteiger partial charge on any atom is -0.472 e. The number of hydrogen-bond acceptors (Lipinski definition) is 3. The summed E-state index contributed by atoms with van der Waals surface area (Å²) in [7, 11) is 0. The summed E-state index contributed by atoms with van der Waals surface area (Å²) in [6.45, 7) is 1.92. The zero-order valence-corrected chi connectivity index (χ0v) is 9.57. The summed E-state index contributed by atoms with van der Waals surface area (Å²) in [5.41, 5.74) is 0.974. The van der Waals surface area contributed by atoms with Crippen molar-refractivity contribution in [2.75, 3.05) is 13.1 Å². The standard InChI is InChI=1S/C12H13ClN2O/c13-9-3-1-2-8(6-9)12-15-10-7-14-5-4-11(10)16-12/h1-3,6,10-11,14H,4-5,7H2. The van der Waals surface area contributed by atoms with E-state index in [2.05, 4.69) is 10.3 Å². The second-order valence-corrected chi connectivity index (χ2v) is 4.60. The molecule has 1 aromatic carbocycles. The van der Waals surface area contributed by atoms with E-state index in [4.69, 9.17) is 16.3 Å². The molecule has 0 amide bonds. The van der Waals surface area contributed by atoms with Gasteiger partial charge >= 0.3 is 0 Å². The molecule has 0 bridgehead atoms. The third-order valence-corrected chi connectivity index (χ3v) is 3.24. The maximum absolute atomic E-state index is 5.95. The lowest BCUT2D eigenvalue weighted by molar-refractivity contribution is 0.161. The van der Waals surface area contributed by atoms with E-state index < -0.39 is 0 Å². The lowest BCUT2D eigenvalue weighted by Gasteiger charge is -2.23. The number of nitrogens with one attached hydrogen (secondary N) is 1. The topological polar surface area (TPSA) is 33.6 Å². The Morgan fingerprint density at radius 2 is 2.38 bits per heavy atom. The Bertz CT molecular complexity index is 433. The highest BCUT2D eigenvalue weighted by Gasteiger charge is 2.33. The zero-order chi connectivity index (χ0) is 11.0. The Balaban J connectivity index is 1.86. The number of halogens is 1. The second kappa shape index (κ2) is 4.07. The van der Waals surface area contributed by atoms with Crippen LogP contribution in [0, 0.1) is 0 Å². The molecule has 2 atom stereocenters. The first-order valence-corrected chi connectivity index (χ1v) is 5.92. The summed E-state index contributed by atoms with van der Waals surface area (Å²) in [4.78, 5) is 4.59. The van der Waals surface area contributed by atoms with Gasteiger partial charge in [0.1, 0.15) is 12.1 Å². The lowest BCUT2D eigenvalue weighted by atomic mass is 10.1. The second-order valence-electron chi connectivity index (χ2n) is 4.16. The number of rotatable bonds is 1. The van der Waals surface area contributed by atoms with Crippen molar-refractivity contribution in [3.8, 4) is 0 Å². The largest absolute Gasteiger partial charge is 0.472 e. The predicted octanol–water partition coefficient (Wildman–Crippen LogP) is 1.85. The molecule has 1 fully saturated rings. The van der Waals surface area contributed by atoms with E-state index in [1.165, 1.54) is 0 Å². The number of nitrogens with zero attached hydrogens (tertiary/aromatic N) is 1. The molecule has 16 heavy (non-hydrogen) atoms. The normalized spacial score (nSPS) is 28.2. The summed E-state index contributed by atoms with van der Waals surface area (Å²) in [5.74, 6) is 0.737. The first kappa shape index (κ1) is 10.1. The van der Waals surface area contributed by atoms with Crippen LogP contribution >= 0.6 is 11.6 Å². The van der Waals surface area contributed by atoms with Crippen molar-refractivity contribution in [1.82, 2.24) is 5.32 Å². The van der Waals surface area contributed by atoms with Crippen LogP contribution in [0.4, 0.5) is 0 Å². The van der Waals surface area contributed by atoms with Gasteiger partial charge in [0, 0.05) is 17.1 Å². The van der Waals surface area contributed by atoms with Gasteiger partial charge in [0.25, 0.3) is 0 Å². The number of aliphatic imine (C=N–C) groups is 1. The van der Waals surface area contributed by atoms with E-state index in [1.807, 2.05) is 24.3 Å². The zero-order valence-electron chi connectivity index (χ0n) is 8.82. The minimum absolute atomic E-state index is 0.246. The molecule has 1 N–H and O–H groups in total. The minimum atomic E-state index is 0.246. The highest BCUT2D eigenvalue weighted by atomic mass is 35.5. The van der Waals surface area contributed by atoms with Crippen LogP contribution < -0.4 is 5.32 Å². The van der Waals surface area contributed by atoms with E-state index in [9.17, 15) is 0 Å². The van der Waals surface area contributed by atoms with Crippen molar-refractivity contribution in [2.45, 2.75) is 18.6 Å². The Labute approximate surface area is 99.5 Å². The van der Waals surface area contributed by atoms with E-state index in [1.54, 1.807) is 0 Å². The predicted molar refractivity (Wildman–Crippen MR) is 64.1 cm³/mol. The molecule has 2 unspecified atom stereocenters. The first-order valence-electron chi connectivity index (χ1n) is 5.54. The van der Waals surface area contributed by atoms with Gasteiger partial charge in [0.05, 0.1) is 0 Å². The molecular formula is C12H13ClN2O. The molecule has 0 radical (unpaired) electrons. The van der Waals surface area contributed by atoms with Crippen LogP contribution in [0.15, 0.2) is 29.3 Å². The molecule has 0 aromatic heterocycles. The fraction of sp³-hybridized carbons (Fsp3) is 0.417. The summed E-state index contributed by atoms with van der Waals surface area (Å²) in [5, 5.41) is 4.05. The molecule has 2 heterocycles. The smallest absolute Gasteiger partial charge is 0.216 e. The monoisotopic (exact) mass is 236 g/mol. The van der Waals surface area contributed by atoms with Gasteiger partial charge in [-0.25, -0.2) is 4.99 Å². The first-order chi connectivity index (χ1) is 7.83. The van der Waals surface area contributed by atoms with E-state index in [-0.39, 0.29) is 12.1 Å². The van der Waals surface area contributed by atoms with E-state index in [0.29, 0.717) is 0 Å². The summed E-state index contributed by atoms with van der Waals surface area (Å²) in [6.07, 6.45) is 1.27. The van der Waals surface area contributed by atoms with Crippen LogP contribution in [-0.2, 0) is 4.74 Å². The molecule has 84 valence electrons.